The Kier molecular flexibility index (Phi) is 10.2. The maximum Gasteiger partial charge on any atom is 0.150 e. The van der Waals surface area contributed by atoms with Gasteiger partial charge >= 0.3 is 0 Å². The minimum Gasteiger partial charge on any atom is -0.390 e. The Bertz CT molecular complexity index is 326. The number of methoxy groups -OCH3 is 1. The number of Topliss-reactive ketones (excluding diaryl/α,β-unsaturated/α-hetero) is 1. The number of carbonyl (C=O) groups excluding carboxylic acids is 1. The molecule has 0 amide bonds. The highest BCUT2D eigenvalue weighted by molar-refractivity contribution is 7.87. The fourth-order valence-corrected chi connectivity index (χ4v) is 2.22. The van der Waals surface area contributed by atoms with Gasteiger partial charge in [0, 0.05) is 28.6 Å². The molecule has 0 heterocycles. The van der Waals surface area contributed by atoms with Crippen molar-refractivity contribution < 1.29 is 28.3 Å². The quantitative estimate of drug-likeness (QED) is 0.446. The molecule has 0 saturated heterocycles. The lowest BCUT2D eigenvalue weighted by Gasteiger charge is -2.21. The van der Waals surface area contributed by atoms with E-state index in [0.717, 1.165) is 0 Å². The SMILES string of the molecule is COCCOCOC[C@H](O)[C@@H](C)C(=O)C[S@@](=O)C(C)(C)C. The molecule has 21 heavy (non-hydrogen) atoms. The molecule has 0 aliphatic carbocycles. The second-order valence-electron chi connectivity index (χ2n) is 5.81. The third-order valence-electron chi connectivity index (χ3n) is 2.93. The van der Waals surface area contributed by atoms with Crippen molar-refractivity contribution in [2.75, 3.05) is 39.5 Å². The maximum absolute atomic E-state index is 12.0. The first-order valence-electron chi connectivity index (χ1n) is 6.93. The highest BCUT2D eigenvalue weighted by Gasteiger charge is 2.27. The number of hydrogen-bond donors (Lipinski definition) is 1. The molecule has 7 heteroatoms. The van der Waals surface area contributed by atoms with Gasteiger partial charge in [0.25, 0.3) is 0 Å². The van der Waals surface area contributed by atoms with E-state index in [-0.39, 0.29) is 24.9 Å². The Balaban J connectivity index is 4.00. The molecule has 0 aliphatic rings. The summed E-state index contributed by atoms with van der Waals surface area (Å²) in [4.78, 5) is 12.0. The summed E-state index contributed by atoms with van der Waals surface area (Å²) in [6, 6.07) is 0. The predicted molar refractivity (Wildman–Crippen MR) is 81.6 cm³/mol. The van der Waals surface area contributed by atoms with Gasteiger partial charge in [0.05, 0.1) is 31.7 Å². The van der Waals surface area contributed by atoms with Crippen molar-refractivity contribution in [2.24, 2.45) is 5.92 Å². The van der Waals surface area contributed by atoms with E-state index in [1.54, 1.807) is 14.0 Å². The van der Waals surface area contributed by atoms with Gasteiger partial charge in [-0.05, 0) is 20.8 Å². The molecule has 3 atom stereocenters. The first-order chi connectivity index (χ1) is 9.70. The van der Waals surface area contributed by atoms with E-state index in [4.69, 9.17) is 14.2 Å². The summed E-state index contributed by atoms with van der Waals surface area (Å²) in [5.74, 6) is -0.888. The lowest BCUT2D eigenvalue weighted by atomic mass is 10.0. The smallest absolute Gasteiger partial charge is 0.150 e. The molecule has 0 aromatic rings. The Morgan fingerprint density at radius 3 is 2.38 bits per heavy atom. The second-order valence-corrected chi connectivity index (χ2v) is 8.02. The Labute approximate surface area is 129 Å². The summed E-state index contributed by atoms with van der Waals surface area (Å²) in [6.45, 7) is 7.98. The minimum atomic E-state index is -1.26. The van der Waals surface area contributed by atoms with Gasteiger partial charge in [0.1, 0.15) is 6.79 Å². The third kappa shape index (κ3) is 9.31. The minimum absolute atomic E-state index is 0.00203. The topological polar surface area (TPSA) is 82.1 Å². The number of carbonyl (C=O) groups is 1. The molecule has 0 fully saturated rings. The van der Waals surface area contributed by atoms with Gasteiger partial charge in [-0.2, -0.15) is 0 Å². The Morgan fingerprint density at radius 1 is 1.24 bits per heavy atom. The van der Waals surface area contributed by atoms with Crippen molar-refractivity contribution in [2.45, 2.75) is 38.5 Å². The molecular weight excluding hydrogens is 296 g/mol. The third-order valence-corrected chi connectivity index (χ3v) is 4.84. The molecule has 0 saturated carbocycles. The first-order valence-corrected chi connectivity index (χ1v) is 8.25. The number of ether oxygens (including phenoxy) is 3. The van der Waals surface area contributed by atoms with E-state index in [1.165, 1.54) is 0 Å². The molecule has 1 N–H and O–H groups in total. The van der Waals surface area contributed by atoms with Crippen molar-refractivity contribution in [3.8, 4) is 0 Å². The molecule has 126 valence electrons. The van der Waals surface area contributed by atoms with Crippen molar-refractivity contribution in [1.29, 1.82) is 0 Å². The van der Waals surface area contributed by atoms with Crippen LogP contribution >= 0.6 is 0 Å². The van der Waals surface area contributed by atoms with E-state index in [0.29, 0.717) is 13.2 Å². The van der Waals surface area contributed by atoms with Crippen LogP contribution in [0.2, 0.25) is 0 Å². The van der Waals surface area contributed by atoms with Crippen LogP contribution in [0.1, 0.15) is 27.7 Å². The molecule has 0 spiro atoms. The average molecular weight is 324 g/mol. The van der Waals surface area contributed by atoms with Crippen LogP contribution in [0.4, 0.5) is 0 Å². The fourth-order valence-electron chi connectivity index (χ4n) is 1.27. The van der Waals surface area contributed by atoms with Gasteiger partial charge < -0.3 is 19.3 Å². The second kappa shape index (κ2) is 10.4. The summed E-state index contributed by atoms with van der Waals surface area (Å²) < 4.78 is 26.5. The standard InChI is InChI=1S/C14H28O6S/c1-11(13(16)9-21(17)14(2,3)4)12(15)8-20-10-19-7-6-18-5/h11-12,15H,6-10H2,1-5H3/t11-,12+,21-/m1/s1. The normalized spacial score (nSPS) is 16.5. The summed E-state index contributed by atoms with van der Waals surface area (Å²) in [7, 11) is 0.316. The molecule has 0 aromatic carbocycles. The molecular formula is C14H28O6S. The van der Waals surface area contributed by atoms with Gasteiger partial charge in [0.2, 0.25) is 0 Å². The van der Waals surface area contributed by atoms with Gasteiger partial charge in [-0.3, -0.25) is 9.00 Å². The number of aliphatic hydroxyl groups excluding tert-OH is 1. The number of rotatable bonds is 11. The van der Waals surface area contributed by atoms with Crippen LogP contribution in [-0.2, 0) is 29.8 Å². The van der Waals surface area contributed by atoms with E-state index in [2.05, 4.69) is 0 Å². The molecule has 0 rings (SSSR count). The van der Waals surface area contributed by atoms with Gasteiger partial charge in [-0.1, -0.05) is 6.92 Å². The fraction of sp³-hybridized carbons (Fsp3) is 0.929. The predicted octanol–water partition coefficient (Wildman–Crippen LogP) is 0.737. The van der Waals surface area contributed by atoms with Crippen LogP contribution in [0.3, 0.4) is 0 Å². The highest BCUT2D eigenvalue weighted by atomic mass is 32.2. The van der Waals surface area contributed by atoms with Crippen molar-refractivity contribution in [3.05, 3.63) is 0 Å². The van der Waals surface area contributed by atoms with E-state index in [9.17, 15) is 14.1 Å². The number of aliphatic hydroxyl groups is 1. The largest absolute Gasteiger partial charge is 0.390 e. The van der Waals surface area contributed by atoms with Gasteiger partial charge in [0.15, 0.2) is 5.78 Å². The monoisotopic (exact) mass is 324 g/mol. The van der Waals surface area contributed by atoms with E-state index < -0.39 is 27.6 Å². The molecule has 0 aliphatic heterocycles. The van der Waals surface area contributed by atoms with Crippen molar-refractivity contribution in [1.82, 2.24) is 0 Å². The average Bonchev–Trinajstić information content (AvgIpc) is 2.40. The van der Waals surface area contributed by atoms with Crippen molar-refractivity contribution >= 4 is 16.6 Å². The zero-order valence-electron chi connectivity index (χ0n) is 13.6. The number of ketones is 1. The zero-order valence-corrected chi connectivity index (χ0v) is 14.4. The highest BCUT2D eigenvalue weighted by Crippen LogP contribution is 2.14. The van der Waals surface area contributed by atoms with Crippen LogP contribution in [0.15, 0.2) is 0 Å². The molecule has 0 unspecified atom stereocenters. The molecule has 0 radical (unpaired) electrons. The lowest BCUT2D eigenvalue weighted by Crippen LogP contribution is -2.36. The summed E-state index contributed by atoms with van der Waals surface area (Å²) >= 11 is 0. The summed E-state index contributed by atoms with van der Waals surface area (Å²) in [6.07, 6.45) is -0.930. The van der Waals surface area contributed by atoms with E-state index >= 15 is 0 Å². The maximum atomic E-state index is 12.0. The Morgan fingerprint density at radius 2 is 1.86 bits per heavy atom. The number of hydrogen-bond acceptors (Lipinski definition) is 6. The van der Waals surface area contributed by atoms with Crippen LogP contribution in [-0.4, -0.2) is 65.4 Å². The lowest BCUT2D eigenvalue weighted by molar-refractivity contribution is -0.128. The molecule has 0 bridgehead atoms. The van der Waals surface area contributed by atoms with Gasteiger partial charge in [-0.15, -0.1) is 0 Å². The first kappa shape index (κ1) is 20.7. The molecule has 0 aromatic heterocycles. The van der Waals surface area contributed by atoms with Crippen LogP contribution in [0, 0.1) is 5.92 Å². The van der Waals surface area contributed by atoms with Crippen LogP contribution in [0.25, 0.3) is 0 Å². The van der Waals surface area contributed by atoms with Crippen LogP contribution < -0.4 is 0 Å². The summed E-state index contributed by atoms with van der Waals surface area (Å²) in [5, 5.41) is 9.88. The van der Waals surface area contributed by atoms with Crippen molar-refractivity contribution in [3.63, 3.8) is 0 Å². The van der Waals surface area contributed by atoms with Gasteiger partial charge in [-0.25, -0.2) is 0 Å². The molecule has 6 nitrogen and oxygen atoms in total. The summed E-state index contributed by atoms with van der Waals surface area (Å²) in [5.41, 5.74) is 0. The Hall–Kier alpha value is -0.340. The van der Waals surface area contributed by atoms with Crippen LogP contribution in [0.5, 0.6) is 0 Å². The zero-order chi connectivity index (χ0) is 16.5. The van der Waals surface area contributed by atoms with E-state index in [1.807, 2.05) is 20.8 Å².